The highest BCUT2D eigenvalue weighted by Gasteiger charge is 2.62. The van der Waals surface area contributed by atoms with Crippen molar-refractivity contribution < 1.29 is 0 Å². The summed E-state index contributed by atoms with van der Waals surface area (Å²) in [7, 11) is 0. The van der Waals surface area contributed by atoms with Gasteiger partial charge in [-0.25, -0.2) is 0 Å². The zero-order chi connectivity index (χ0) is 15.6. The minimum absolute atomic E-state index is 0.00739. The van der Waals surface area contributed by atoms with Crippen molar-refractivity contribution in [2.45, 2.75) is 52.1 Å². The summed E-state index contributed by atoms with van der Waals surface area (Å²) < 4.78 is -1.16. The molecular formula is C18H20BrCl3. The summed E-state index contributed by atoms with van der Waals surface area (Å²) in [5, 5.41) is 0. The molecule has 0 nitrogen and oxygen atoms in total. The second-order valence-corrected chi connectivity index (χ2v) is 11.7. The molecule has 1 aromatic carbocycles. The third-order valence-corrected chi connectivity index (χ3v) is 8.38. The van der Waals surface area contributed by atoms with Crippen LogP contribution in [0, 0.1) is 17.8 Å². The van der Waals surface area contributed by atoms with E-state index < -0.39 is 3.79 Å². The molecule has 4 bridgehead atoms. The van der Waals surface area contributed by atoms with E-state index in [9.17, 15) is 0 Å². The predicted octanol–water partition coefficient (Wildman–Crippen LogP) is 6.66. The normalized spacial score (nSPS) is 43.5. The maximum Gasteiger partial charge on any atom is 0.191 e. The minimum Gasteiger partial charge on any atom is -0.0846 e. The minimum atomic E-state index is -1.17. The van der Waals surface area contributed by atoms with Crippen LogP contribution in [-0.4, -0.2) is 8.12 Å². The predicted molar refractivity (Wildman–Crippen MR) is 98.2 cm³/mol. The molecule has 22 heavy (non-hydrogen) atoms. The average Bonchev–Trinajstić information content (AvgIpc) is 2.44. The fraction of sp³-hybridized carbons (Fsp3) is 0.667. The van der Waals surface area contributed by atoms with Gasteiger partial charge in [-0.15, -0.1) is 0 Å². The highest BCUT2D eigenvalue weighted by Crippen LogP contribution is 2.68. The van der Waals surface area contributed by atoms with Gasteiger partial charge < -0.3 is 0 Å². The van der Waals surface area contributed by atoms with Crippen LogP contribution in [-0.2, 0) is 5.41 Å². The van der Waals surface area contributed by atoms with E-state index in [2.05, 4.69) is 46.3 Å². The van der Waals surface area contributed by atoms with Crippen LogP contribution in [0.5, 0.6) is 0 Å². The summed E-state index contributed by atoms with van der Waals surface area (Å²) in [6, 6.07) is 11.1. The molecule has 5 atom stereocenters. The van der Waals surface area contributed by atoms with Crippen LogP contribution in [0.4, 0.5) is 0 Å². The summed E-state index contributed by atoms with van der Waals surface area (Å²) in [5.41, 5.74) is 1.89. The van der Waals surface area contributed by atoms with Crippen molar-refractivity contribution in [1.82, 2.24) is 0 Å². The fourth-order valence-corrected chi connectivity index (χ4v) is 8.05. The van der Waals surface area contributed by atoms with Gasteiger partial charge in [-0.2, -0.15) is 0 Å². The Bertz CT molecular complexity index is 549. The second kappa shape index (κ2) is 5.28. The summed E-state index contributed by atoms with van der Waals surface area (Å²) in [6.07, 6.45) is 7.01. The van der Waals surface area contributed by atoms with Gasteiger partial charge in [0.05, 0.1) is 0 Å². The van der Waals surface area contributed by atoms with E-state index in [1.54, 1.807) is 0 Å². The van der Waals surface area contributed by atoms with Gasteiger partial charge in [-0.05, 0) is 60.8 Å². The van der Waals surface area contributed by atoms with E-state index in [1.807, 2.05) is 0 Å². The van der Waals surface area contributed by atoms with Crippen molar-refractivity contribution in [3.8, 4) is 0 Å². The summed E-state index contributed by atoms with van der Waals surface area (Å²) in [6.45, 7) is 0. The van der Waals surface area contributed by atoms with E-state index in [-0.39, 0.29) is 4.32 Å². The lowest BCUT2D eigenvalue weighted by molar-refractivity contribution is -0.0374. The number of hydrogen-bond acceptors (Lipinski definition) is 0. The SMILES string of the molecule is ClC(Cl)(Cl)CC1(Br)[C@@H]2CC3C[C@H]1CC(c1ccccc1)(C3)C2. The molecule has 0 spiro atoms. The van der Waals surface area contributed by atoms with Crippen LogP contribution < -0.4 is 0 Å². The first-order chi connectivity index (χ1) is 10.3. The molecule has 0 amide bonds. The molecule has 120 valence electrons. The molecule has 0 aromatic heterocycles. The number of hydrogen-bond donors (Lipinski definition) is 0. The van der Waals surface area contributed by atoms with Gasteiger partial charge in [0.15, 0.2) is 3.79 Å². The molecule has 0 aliphatic heterocycles. The fourth-order valence-electron chi connectivity index (χ4n) is 5.79. The Morgan fingerprint density at radius 1 is 1.00 bits per heavy atom. The molecule has 1 aromatic rings. The van der Waals surface area contributed by atoms with E-state index in [0.29, 0.717) is 23.7 Å². The van der Waals surface area contributed by atoms with Gasteiger partial charge in [-0.3, -0.25) is 0 Å². The van der Waals surface area contributed by atoms with Gasteiger partial charge in [0.2, 0.25) is 0 Å². The Hall–Kier alpha value is 0.570. The smallest absolute Gasteiger partial charge is 0.0846 e. The Morgan fingerprint density at radius 2 is 1.59 bits per heavy atom. The molecule has 3 unspecified atom stereocenters. The summed E-state index contributed by atoms with van der Waals surface area (Å²) >= 11 is 22.6. The lowest BCUT2D eigenvalue weighted by atomic mass is 9.44. The van der Waals surface area contributed by atoms with Crippen molar-refractivity contribution in [2.75, 3.05) is 0 Å². The van der Waals surface area contributed by atoms with Gasteiger partial charge in [0.25, 0.3) is 0 Å². The molecule has 0 radical (unpaired) electrons. The van der Waals surface area contributed by atoms with Crippen molar-refractivity contribution in [3.63, 3.8) is 0 Å². The van der Waals surface area contributed by atoms with Crippen LogP contribution in [0.15, 0.2) is 30.3 Å². The first kappa shape index (κ1) is 16.1. The Labute approximate surface area is 156 Å². The van der Waals surface area contributed by atoms with Crippen LogP contribution in [0.1, 0.15) is 44.1 Å². The summed E-state index contributed by atoms with van der Waals surface area (Å²) in [4.78, 5) is 0. The molecule has 0 saturated heterocycles. The standard InChI is InChI=1S/C18H20BrCl3/c19-17(11-18(20,21)22)14-6-12-7-15(17)10-16(8-12,9-14)13-4-2-1-3-5-13/h1-5,12,14-15H,6-11H2/t12?,14-,15+,16?,17?. The molecule has 4 saturated carbocycles. The average molecular weight is 423 g/mol. The number of alkyl halides is 4. The maximum absolute atomic E-state index is 6.17. The zero-order valence-electron chi connectivity index (χ0n) is 12.4. The molecular weight excluding hydrogens is 402 g/mol. The second-order valence-electron chi connectivity index (χ2n) is 7.71. The molecule has 0 N–H and O–H groups in total. The number of halogens is 4. The zero-order valence-corrected chi connectivity index (χ0v) is 16.2. The van der Waals surface area contributed by atoms with Crippen molar-refractivity contribution in [2.24, 2.45) is 17.8 Å². The Kier molecular flexibility index (Phi) is 3.86. The van der Waals surface area contributed by atoms with E-state index in [0.717, 1.165) is 5.92 Å². The first-order valence-corrected chi connectivity index (χ1v) is 10.0. The van der Waals surface area contributed by atoms with E-state index >= 15 is 0 Å². The lowest BCUT2D eigenvalue weighted by Crippen LogP contribution is -2.60. The van der Waals surface area contributed by atoms with E-state index in [4.69, 9.17) is 34.8 Å². The Morgan fingerprint density at radius 3 is 2.14 bits per heavy atom. The highest BCUT2D eigenvalue weighted by molar-refractivity contribution is 9.10. The lowest BCUT2D eigenvalue weighted by Gasteiger charge is -2.64. The largest absolute Gasteiger partial charge is 0.191 e. The molecule has 4 aliphatic carbocycles. The topological polar surface area (TPSA) is 0 Å². The van der Waals surface area contributed by atoms with Crippen LogP contribution in [0.25, 0.3) is 0 Å². The quantitative estimate of drug-likeness (QED) is 0.468. The molecule has 5 rings (SSSR count). The van der Waals surface area contributed by atoms with E-state index in [1.165, 1.54) is 37.7 Å². The molecule has 4 aliphatic rings. The number of benzene rings is 1. The summed E-state index contributed by atoms with van der Waals surface area (Å²) in [5.74, 6) is 2.09. The van der Waals surface area contributed by atoms with Gasteiger partial charge >= 0.3 is 0 Å². The molecule has 4 fully saturated rings. The number of rotatable bonds is 2. The van der Waals surface area contributed by atoms with Gasteiger partial charge in [0, 0.05) is 10.7 Å². The first-order valence-electron chi connectivity index (χ1n) is 8.12. The van der Waals surface area contributed by atoms with Gasteiger partial charge in [-0.1, -0.05) is 81.1 Å². The van der Waals surface area contributed by atoms with Gasteiger partial charge in [0.1, 0.15) is 0 Å². The molecule has 4 heteroatoms. The van der Waals surface area contributed by atoms with Crippen LogP contribution in [0.3, 0.4) is 0 Å². The Balaban J connectivity index is 1.69. The third kappa shape index (κ3) is 2.55. The van der Waals surface area contributed by atoms with Crippen molar-refractivity contribution in [1.29, 1.82) is 0 Å². The molecule has 0 heterocycles. The van der Waals surface area contributed by atoms with Crippen molar-refractivity contribution in [3.05, 3.63) is 35.9 Å². The monoisotopic (exact) mass is 420 g/mol. The maximum atomic E-state index is 6.17. The third-order valence-electron chi connectivity index (χ3n) is 6.40. The van der Waals surface area contributed by atoms with Crippen molar-refractivity contribution >= 4 is 50.7 Å². The van der Waals surface area contributed by atoms with Crippen LogP contribution >= 0.6 is 50.7 Å². The van der Waals surface area contributed by atoms with Crippen LogP contribution in [0.2, 0.25) is 0 Å². The highest BCUT2D eigenvalue weighted by atomic mass is 79.9.